The van der Waals surface area contributed by atoms with Crippen LogP contribution < -0.4 is 9.47 Å². The van der Waals surface area contributed by atoms with Crippen LogP contribution in [0.4, 0.5) is 13.2 Å². The first-order chi connectivity index (χ1) is 8.46. The van der Waals surface area contributed by atoms with Gasteiger partial charge in [-0.2, -0.15) is 0 Å². The number of benzene rings is 1. The molecule has 0 aromatic heterocycles. The summed E-state index contributed by atoms with van der Waals surface area (Å²) in [5.41, 5.74) is 0.242. The van der Waals surface area contributed by atoms with E-state index in [1.54, 1.807) is 0 Å². The van der Waals surface area contributed by atoms with Crippen LogP contribution >= 0.6 is 0 Å². The van der Waals surface area contributed by atoms with Crippen molar-refractivity contribution in [3.8, 4) is 11.5 Å². The molecule has 18 heavy (non-hydrogen) atoms. The topological polar surface area (TPSA) is 27.7 Å². The number of ether oxygens (including phenoxy) is 3. The molecule has 0 amide bonds. The van der Waals surface area contributed by atoms with E-state index in [1.165, 1.54) is 31.4 Å². The van der Waals surface area contributed by atoms with Gasteiger partial charge in [0.15, 0.2) is 0 Å². The first kappa shape index (κ1) is 14.4. The molecule has 0 atom stereocenters. The lowest BCUT2D eigenvalue weighted by Crippen LogP contribution is -2.17. The Hall–Kier alpha value is -1.69. The van der Waals surface area contributed by atoms with Gasteiger partial charge in [-0.3, -0.25) is 0 Å². The Labute approximate surface area is 103 Å². The van der Waals surface area contributed by atoms with Gasteiger partial charge in [0.05, 0.1) is 6.61 Å². The van der Waals surface area contributed by atoms with Crippen molar-refractivity contribution in [3.05, 3.63) is 30.3 Å². The van der Waals surface area contributed by atoms with Crippen molar-refractivity contribution < 1.29 is 27.4 Å². The molecular weight excluding hydrogens is 249 g/mol. The van der Waals surface area contributed by atoms with Crippen LogP contribution in [0.1, 0.15) is 5.56 Å². The van der Waals surface area contributed by atoms with Crippen LogP contribution in [0.3, 0.4) is 0 Å². The quantitative estimate of drug-likeness (QED) is 0.736. The molecule has 0 aliphatic heterocycles. The van der Waals surface area contributed by atoms with Crippen LogP contribution in [0.2, 0.25) is 0 Å². The molecule has 0 fully saturated rings. The average Bonchev–Trinajstić information content (AvgIpc) is 2.27. The van der Waals surface area contributed by atoms with Crippen LogP contribution in [0.25, 0.3) is 6.08 Å². The lowest BCUT2D eigenvalue weighted by Gasteiger charge is -2.13. The molecule has 0 aliphatic carbocycles. The lowest BCUT2D eigenvalue weighted by molar-refractivity contribution is -0.274. The molecule has 0 saturated heterocycles. The van der Waals surface area contributed by atoms with E-state index in [9.17, 15) is 13.2 Å². The molecule has 0 unspecified atom stereocenters. The number of hydrogen-bond acceptors (Lipinski definition) is 3. The second kappa shape index (κ2) is 6.30. The van der Waals surface area contributed by atoms with E-state index in [1.807, 2.05) is 0 Å². The molecule has 1 aromatic rings. The Bertz CT molecular complexity index is 402. The van der Waals surface area contributed by atoms with E-state index in [4.69, 9.17) is 9.47 Å². The third-order valence-corrected chi connectivity index (χ3v) is 1.99. The highest BCUT2D eigenvalue weighted by Gasteiger charge is 2.32. The summed E-state index contributed by atoms with van der Waals surface area (Å²) in [6, 6.07) is 4.15. The van der Waals surface area contributed by atoms with Crippen LogP contribution in [-0.2, 0) is 4.74 Å². The van der Waals surface area contributed by atoms with Gasteiger partial charge in [-0.05, 0) is 12.1 Å². The maximum Gasteiger partial charge on any atom is 0.573 e. The summed E-state index contributed by atoms with van der Waals surface area (Å²) >= 11 is 0. The van der Waals surface area contributed by atoms with Crippen molar-refractivity contribution in [2.45, 2.75) is 6.36 Å². The summed E-state index contributed by atoms with van der Waals surface area (Å²) < 4.78 is 50.4. The zero-order valence-corrected chi connectivity index (χ0v) is 9.79. The molecular formula is C12H13F3O3. The largest absolute Gasteiger partial charge is 0.573 e. The van der Waals surface area contributed by atoms with Gasteiger partial charge in [0, 0.05) is 18.7 Å². The summed E-state index contributed by atoms with van der Waals surface area (Å²) in [4.78, 5) is 0. The van der Waals surface area contributed by atoms with Gasteiger partial charge >= 0.3 is 6.36 Å². The number of rotatable bonds is 6. The molecule has 6 heteroatoms. The van der Waals surface area contributed by atoms with Crippen molar-refractivity contribution in [1.29, 1.82) is 0 Å². The normalized spacial score (nSPS) is 11.1. The highest BCUT2D eigenvalue weighted by molar-refractivity contribution is 5.57. The summed E-state index contributed by atoms with van der Waals surface area (Å²) in [5, 5.41) is 0. The van der Waals surface area contributed by atoms with Crippen molar-refractivity contribution in [2.24, 2.45) is 0 Å². The van der Waals surface area contributed by atoms with E-state index in [0.29, 0.717) is 6.61 Å². The molecule has 3 nitrogen and oxygen atoms in total. The zero-order valence-electron chi connectivity index (χ0n) is 9.79. The van der Waals surface area contributed by atoms with Gasteiger partial charge in [-0.25, -0.2) is 0 Å². The maximum atomic E-state index is 12.2. The van der Waals surface area contributed by atoms with Crippen LogP contribution in [-0.4, -0.2) is 26.7 Å². The van der Waals surface area contributed by atoms with Crippen molar-refractivity contribution in [3.63, 3.8) is 0 Å². The molecule has 0 spiro atoms. The molecule has 0 aliphatic rings. The molecule has 1 aromatic carbocycles. The maximum absolute atomic E-state index is 12.2. The van der Waals surface area contributed by atoms with Crippen LogP contribution in [0, 0.1) is 0 Å². The van der Waals surface area contributed by atoms with Crippen molar-refractivity contribution in [1.82, 2.24) is 0 Å². The third-order valence-electron chi connectivity index (χ3n) is 1.99. The fraction of sp³-hybridized carbons (Fsp3) is 0.333. The second-order valence-electron chi connectivity index (χ2n) is 3.29. The summed E-state index contributed by atoms with van der Waals surface area (Å²) in [6.07, 6.45) is -3.47. The fourth-order valence-corrected chi connectivity index (χ4v) is 1.23. The minimum Gasteiger partial charge on any atom is -0.491 e. The molecule has 0 radical (unpaired) electrons. The van der Waals surface area contributed by atoms with E-state index in [-0.39, 0.29) is 23.7 Å². The number of hydrogen-bond donors (Lipinski definition) is 0. The zero-order chi connectivity index (χ0) is 13.6. The minimum absolute atomic E-state index is 0.242. The van der Waals surface area contributed by atoms with Gasteiger partial charge in [-0.1, -0.05) is 12.7 Å². The number of halogens is 3. The Morgan fingerprint density at radius 2 is 2.00 bits per heavy atom. The SMILES string of the molecule is C=Cc1ccc(OCCOC)cc1OC(F)(F)F. The predicted octanol–water partition coefficient (Wildman–Crippen LogP) is 3.25. The average molecular weight is 262 g/mol. The van der Waals surface area contributed by atoms with E-state index < -0.39 is 6.36 Å². The summed E-state index contributed by atoms with van der Waals surface area (Å²) in [6.45, 7) is 4.01. The highest BCUT2D eigenvalue weighted by atomic mass is 19.4. The number of methoxy groups -OCH3 is 1. The monoisotopic (exact) mass is 262 g/mol. The van der Waals surface area contributed by atoms with E-state index >= 15 is 0 Å². The predicted molar refractivity (Wildman–Crippen MR) is 60.6 cm³/mol. The molecule has 0 saturated carbocycles. The Morgan fingerprint density at radius 1 is 1.28 bits per heavy atom. The molecule has 100 valence electrons. The minimum atomic E-state index is -4.75. The van der Waals surface area contributed by atoms with Gasteiger partial charge < -0.3 is 14.2 Å². The van der Waals surface area contributed by atoms with Gasteiger partial charge in [0.1, 0.15) is 18.1 Å². The van der Waals surface area contributed by atoms with Crippen LogP contribution in [0.15, 0.2) is 24.8 Å². The van der Waals surface area contributed by atoms with E-state index in [0.717, 1.165) is 0 Å². The Morgan fingerprint density at radius 3 is 2.56 bits per heavy atom. The first-order valence-electron chi connectivity index (χ1n) is 5.10. The molecule has 0 bridgehead atoms. The van der Waals surface area contributed by atoms with Gasteiger partial charge in [0.25, 0.3) is 0 Å². The lowest BCUT2D eigenvalue weighted by atomic mass is 10.2. The van der Waals surface area contributed by atoms with Gasteiger partial charge in [0.2, 0.25) is 0 Å². The van der Waals surface area contributed by atoms with E-state index in [2.05, 4.69) is 11.3 Å². The van der Waals surface area contributed by atoms with Gasteiger partial charge in [-0.15, -0.1) is 13.2 Å². The van der Waals surface area contributed by atoms with Crippen molar-refractivity contribution >= 4 is 6.08 Å². The van der Waals surface area contributed by atoms with Crippen LogP contribution in [0.5, 0.6) is 11.5 Å². The molecule has 0 heterocycles. The smallest absolute Gasteiger partial charge is 0.491 e. The second-order valence-corrected chi connectivity index (χ2v) is 3.29. The molecule has 1 rings (SSSR count). The van der Waals surface area contributed by atoms with Crippen molar-refractivity contribution in [2.75, 3.05) is 20.3 Å². The standard InChI is InChI=1S/C12H13F3O3/c1-3-9-4-5-10(17-7-6-16-2)8-11(9)18-12(13,14)15/h3-5,8H,1,6-7H2,2H3. The molecule has 0 N–H and O–H groups in total. The summed E-state index contributed by atoms with van der Waals surface area (Å²) in [7, 11) is 1.50. The highest BCUT2D eigenvalue weighted by Crippen LogP contribution is 2.30. The summed E-state index contributed by atoms with van der Waals surface area (Å²) in [5.74, 6) is -0.0654. The Balaban J connectivity index is 2.84. The number of alkyl halides is 3. The Kier molecular flexibility index (Phi) is 5.03. The third kappa shape index (κ3) is 4.67. The fourth-order valence-electron chi connectivity index (χ4n) is 1.23. The first-order valence-corrected chi connectivity index (χ1v) is 5.10.